The summed E-state index contributed by atoms with van der Waals surface area (Å²) in [7, 11) is -3.98. The number of hydrogen-bond acceptors (Lipinski definition) is 9. The van der Waals surface area contributed by atoms with Crippen LogP contribution in [0.2, 0.25) is 0 Å². The van der Waals surface area contributed by atoms with Gasteiger partial charge in [0.2, 0.25) is 0 Å². The molecule has 0 aliphatic heterocycles. The minimum atomic E-state index is -3.98. The molecule has 1 aromatic rings. The van der Waals surface area contributed by atoms with Gasteiger partial charge in [0.15, 0.2) is 0 Å². The normalized spacial score (nSPS) is 14.2. The summed E-state index contributed by atoms with van der Waals surface area (Å²) < 4.78 is 46.5. The van der Waals surface area contributed by atoms with E-state index in [2.05, 4.69) is 5.32 Å². The van der Waals surface area contributed by atoms with Gasteiger partial charge in [-0.3, -0.25) is 8.98 Å². The van der Waals surface area contributed by atoms with Crippen molar-refractivity contribution in [2.75, 3.05) is 6.61 Å². The highest BCUT2D eigenvalue weighted by atomic mass is 32.2. The number of nitrogens with one attached hydrogen (secondary N) is 1. The Morgan fingerprint density at radius 2 is 1.28 bits per heavy atom. The Kier molecular flexibility index (Phi) is 12.0. The van der Waals surface area contributed by atoms with Crippen molar-refractivity contribution in [3.63, 3.8) is 0 Å². The van der Waals surface area contributed by atoms with Crippen molar-refractivity contribution >= 4 is 28.1 Å². The maximum atomic E-state index is 13.1. The highest BCUT2D eigenvalue weighted by molar-refractivity contribution is 7.86. The van der Waals surface area contributed by atoms with Crippen LogP contribution in [0.15, 0.2) is 29.2 Å². The van der Waals surface area contributed by atoms with Gasteiger partial charge in [-0.05, 0) is 101 Å². The third-order valence-electron chi connectivity index (χ3n) is 4.89. The van der Waals surface area contributed by atoms with E-state index in [0.717, 1.165) is 5.56 Å². The first-order valence-corrected chi connectivity index (χ1v) is 14.4. The Labute approximate surface area is 233 Å². The van der Waals surface area contributed by atoms with Crippen molar-refractivity contribution in [1.82, 2.24) is 5.32 Å². The summed E-state index contributed by atoms with van der Waals surface area (Å²) in [6.07, 6.45) is -0.682. The molecule has 2 atom stereocenters. The lowest BCUT2D eigenvalue weighted by molar-refractivity contribution is -0.163. The number of aryl methyl sites for hydroxylation is 1. The van der Waals surface area contributed by atoms with Gasteiger partial charge in [0.25, 0.3) is 10.1 Å². The average Bonchev–Trinajstić information content (AvgIpc) is 2.71. The zero-order valence-corrected chi connectivity index (χ0v) is 25.7. The highest BCUT2D eigenvalue weighted by Gasteiger charge is 2.35. The summed E-state index contributed by atoms with van der Waals surface area (Å²) in [5.41, 5.74) is -1.55. The van der Waals surface area contributed by atoms with Crippen molar-refractivity contribution in [1.29, 1.82) is 0 Å². The van der Waals surface area contributed by atoms with Crippen LogP contribution in [-0.4, -0.2) is 55.9 Å². The van der Waals surface area contributed by atoms with Crippen LogP contribution in [0.3, 0.4) is 0 Å². The van der Waals surface area contributed by atoms with Gasteiger partial charge in [-0.25, -0.2) is 9.59 Å². The average molecular weight is 572 g/mol. The van der Waals surface area contributed by atoms with Crippen LogP contribution in [0.25, 0.3) is 0 Å². The fourth-order valence-electron chi connectivity index (χ4n) is 3.31. The molecule has 1 N–H and O–H groups in total. The monoisotopic (exact) mass is 571 g/mol. The molecule has 1 aromatic carbocycles. The lowest BCUT2D eigenvalue weighted by Gasteiger charge is -2.29. The summed E-state index contributed by atoms with van der Waals surface area (Å²) >= 11 is 0. The largest absolute Gasteiger partial charge is 0.460 e. The number of alkyl carbamates (subject to hydrolysis) is 1. The Morgan fingerprint density at radius 1 is 0.795 bits per heavy atom. The fourth-order valence-corrected chi connectivity index (χ4v) is 4.25. The summed E-state index contributed by atoms with van der Waals surface area (Å²) in [6, 6.07) is 5.05. The Bertz CT molecular complexity index is 1080. The van der Waals surface area contributed by atoms with E-state index >= 15 is 0 Å². The Hall–Kier alpha value is -2.66. The van der Waals surface area contributed by atoms with E-state index in [9.17, 15) is 22.8 Å². The van der Waals surface area contributed by atoms with Crippen LogP contribution in [0.4, 0.5) is 4.79 Å². The van der Waals surface area contributed by atoms with Crippen molar-refractivity contribution in [3.05, 3.63) is 29.8 Å². The molecule has 1 amide bonds. The van der Waals surface area contributed by atoms with Crippen LogP contribution < -0.4 is 5.32 Å². The number of hydrogen-bond donors (Lipinski definition) is 1. The maximum Gasteiger partial charge on any atom is 0.408 e. The second kappa shape index (κ2) is 13.6. The topological polar surface area (TPSA) is 134 Å². The predicted octanol–water partition coefficient (Wildman–Crippen LogP) is 5.06. The van der Waals surface area contributed by atoms with Gasteiger partial charge < -0.3 is 19.5 Å². The smallest absolute Gasteiger partial charge is 0.408 e. The molecule has 0 bridgehead atoms. The molecule has 0 fully saturated rings. The molecule has 0 aliphatic carbocycles. The molecular formula is C28H45NO9S. The molecule has 11 heteroatoms. The van der Waals surface area contributed by atoms with Crippen LogP contribution in [0.5, 0.6) is 0 Å². The number of carbonyl (C=O) groups is 3. The molecule has 39 heavy (non-hydrogen) atoms. The third-order valence-corrected chi connectivity index (χ3v) is 6.21. The standard InChI is InChI=1S/C28H45NO9S/c1-19-13-15-21(16-14-19)39(33,34)35-17-11-12-20(23(30)36-26(2,3)4)18-22(24(31)37-27(5,6)7)29-25(32)38-28(8,9)10/h13-16,20,22H,11-12,17-18H2,1-10H3,(H,29,32). The van der Waals surface area contributed by atoms with E-state index in [0.29, 0.717) is 0 Å². The van der Waals surface area contributed by atoms with Gasteiger partial charge >= 0.3 is 18.0 Å². The molecule has 0 aliphatic rings. The van der Waals surface area contributed by atoms with E-state index < -0.39 is 56.9 Å². The Morgan fingerprint density at radius 3 is 1.77 bits per heavy atom. The minimum Gasteiger partial charge on any atom is -0.460 e. The lowest BCUT2D eigenvalue weighted by atomic mass is 9.94. The lowest BCUT2D eigenvalue weighted by Crippen LogP contribution is -2.47. The van der Waals surface area contributed by atoms with E-state index in [1.165, 1.54) is 12.1 Å². The number of amides is 1. The van der Waals surface area contributed by atoms with Gasteiger partial charge in [-0.2, -0.15) is 8.42 Å². The predicted molar refractivity (Wildman–Crippen MR) is 147 cm³/mol. The molecule has 0 saturated heterocycles. The first kappa shape index (κ1) is 34.4. The summed E-state index contributed by atoms with van der Waals surface area (Å²) in [4.78, 5) is 38.6. The number of esters is 2. The first-order chi connectivity index (χ1) is 17.6. The number of benzene rings is 1. The summed E-state index contributed by atoms with van der Waals surface area (Å²) in [6.45, 7) is 16.9. The van der Waals surface area contributed by atoms with Gasteiger partial charge in [-0.1, -0.05) is 17.7 Å². The fraction of sp³-hybridized carbons (Fsp3) is 0.679. The number of rotatable bonds is 11. The second-order valence-corrected chi connectivity index (χ2v) is 14.0. The van der Waals surface area contributed by atoms with Gasteiger partial charge in [-0.15, -0.1) is 0 Å². The van der Waals surface area contributed by atoms with Crippen molar-refractivity contribution in [2.45, 2.75) is 116 Å². The Balaban J connectivity index is 3.06. The van der Waals surface area contributed by atoms with E-state index in [1.54, 1.807) is 74.4 Å². The molecule has 222 valence electrons. The highest BCUT2D eigenvalue weighted by Crippen LogP contribution is 2.23. The van der Waals surface area contributed by atoms with Crippen LogP contribution in [-0.2, 0) is 38.1 Å². The van der Waals surface area contributed by atoms with Crippen LogP contribution >= 0.6 is 0 Å². The van der Waals surface area contributed by atoms with Gasteiger partial charge in [0.05, 0.1) is 17.4 Å². The van der Waals surface area contributed by atoms with Crippen LogP contribution in [0, 0.1) is 12.8 Å². The molecule has 2 unspecified atom stereocenters. The molecule has 0 radical (unpaired) electrons. The number of carbonyl (C=O) groups excluding carboxylic acids is 3. The third kappa shape index (κ3) is 14.3. The van der Waals surface area contributed by atoms with Crippen molar-refractivity contribution in [2.24, 2.45) is 5.92 Å². The molecular weight excluding hydrogens is 526 g/mol. The molecule has 0 aromatic heterocycles. The maximum absolute atomic E-state index is 13.1. The van der Waals surface area contributed by atoms with E-state index in [-0.39, 0.29) is 30.8 Å². The van der Waals surface area contributed by atoms with E-state index in [4.69, 9.17) is 18.4 Å². The molecule has 0 spiro atoms. The summed E-state index contributed by atoms with van der Waals surface area (Å²) in [5.74, 6) is -2.20. The van der Waals surface area contributed by atoms with Crippen molar-refractivity contribution < 1.29 is 41.2 Å². The van der Waals surface area contributed by atoms with Crippen LogP contribution in [0.1, 0.15) is 87.1 Å². The van der Waals surface area contributed by atoms with E-state index in [1.807, 2.05) is 6.92 Å². The van der Waals surface area contributed by atoms with Gasteiger partial charge in [0.1, 0.15) is 22.8 Å². The van der Waals surface area contributed by atoms with Crippen molar-refractivity contribution in [3.8, 4) is 0 Å². The zero-order valence-electron chi connectivity index (χ0n) is 24.9. The second-order valence-electron chi connectivity index (χ2n) is 12.4. The molecule has 0 heterocycles. The molecule has 10 nitrogen and oxygen atoms in total. The van der Waals surface area contributed by atoms with Gasteiger partial charge in [0, 0.05) is 0 Å². The zero-order chi connectivity index (χ0) is 30.2. The number of ether oxygens (including phenoxy) is 3. The summed E-state index contributed by atoms with van der Waals surface area (Å²) in [5, 5.41) is 2.51. The SMILES string of the molecule is Cc1ccc(S(=O)(=O)OCCCC(CC(NC(=O)OC(C)(C)C)C(=O)OC(C)(C)C)C(=O)OC(C)(C)C)cc1. The first-order valence-electron chi connectivity index (χ1n) is 13.0. The molecule has 1 rings (SSSR count). The molecule has 0 saturated carbocycles. The minimum absolute atomic E-state index is 0.0309. The quantitative estimate of drug-likeness (QED) is 0.167.